The van der Waals surface area contributed by atoms with Gasteiger partial charge >= 0.3 is 0 Å². The molecule has 0 saturated carbocycles. The van der Waals surface area contributed by atoms with E-state index >= 15 is 0 Å². The molecule has 0 aliphatic carbocycles. The van der Waals surface area contributed by atoms with E-state index in [2.05, 4.69) is 5.32 Å². The third kappa shape index (κ3) is 3.58. The van der Waals surface area contributed by atoms with Crippen LogP contribution in [-0.4, -0.2) is 30.8 Å². The van der Waals surface area contributed by atoms with Crippen molar-refractivity contribution in [2.45, 2.75) is 13.5 Å². The highest BCUT2D eigenvalue weighted by Gasteiger charge is 2.17. The summed E-state index contributed by atoms with van der Waals surface area (Å²) >= 11 is 6.01. The number of hydrogen-bond acceptors (Lipinski definition) is 3. The van der Waals surface area contributed by atoms with Crippen molar-refractivity contribution in [1.82, 2.24) is 10.2 Å². The van der Waals surface area contributed by atoms with E-state index in [0.717, 1.165) is 16.5 Å². The van der Waals surface area contributed by atoms with E-state index < -0.39 is 0 Å². The number of carbonyl (C=O) groups excluding carboxylic acids is 2. The van der Waals surface area contributed by atoms with E-state index in [-0.39, 0.29) is 17.6 Å². The summed E-state index contributed by atoms with van der Waals surface area (Å²) < 4.78 is 5.66. The maximum Gasteiger partial charge on any atom is 0.287 e. The smallest absolute Gasteiger partial charge is 0.287 e. The Balaban J connectivity index is 1.71. The molecule has 2 amide bonds. The first-order chi connectivity index (χ1) is 12.4. The number of fused-ring (bicyclic) bond motifs is 1. The number of aryl methyl sites for hydroxylation is 1. The number of amides is 2. The first kappa shape index (κ1) is 18.0. The van der Waals surface area contributed by atoms with Crippen LogP contribution >= 0.6 is 11.6 Å². The van der Waals surface area contributed by atoms with Gasteiger partial charge in [-0.3, -0.25) is 9.59 Å². The number of rotatable bonds is 4. The Hall–Kier alpha value is -2.79. The highest BCUT2D eigenvalue weighted by Crippen LogP contribution is 2.27. The molecule has 0 aliphatic heterocycles. The lowest BCUT2D eigenvalue weighted by atomic mass is 10.1. The van der Waals surface area contributed by atoms with Crippen molar-refractivity contribution in [3.8, 4) is 0 Å². The van der Waals surface area contributed by atoms with Crippen molar-refractivity contribution < 1.29 is 14.0 Å². The Morgan fingerprint density at radius 1 is 1.12 bits per heavy atom. The molecule has 3 rings (SSSR count). The standard InChI is InChI=1S/C20H19ClN2O3/c1-12-16-10-15(21)8-9-17(16)26-18(12)19(24)22-11-13-4-6-14(7-5-13)20(25)23(2)3/h4-10H,11H2,1-3H3,(H,22,24). The fraction of sp³-hybridized carbons (Fsp3) is 0.200. The summed E-state index contributed by atoms with van der Waals surface area (Å²) in [7, 11) is 3.42. The number of nitrogens with zero attached hydrogens (tertiary/aromatic N) is 1. The predicted molar refractivity (Wildman–Crippen MR) is 102 cm³/mol. The van der Waals surface area contributed by atoms with Crippen molar-refractivity contribution in [1.29, 1.82) is 0 Å². The summed E-state index contributed by atoms with van der Waals surface area (Å²) in [5, 5.41) is 4.27. The van der Waals surface area contributed by atoms with Crippen LogP contribution in [0, 0.1) is 6.92 Å². The van der Waals surface area contributed by atoms with E-state index in [0.29, 0.717) is 22.7 Å². The quantitative estimate of drug-likeness (QED) is 0.754. The molecule has 6 heteroatoms. The van der Waals surface area contributed by atoms with Gasteiger partial charge in [-0.15, -0.1) is 0 Å². The van der Waals surface area contributed by atoms with Gasteiger partial charge in [-0.2, -0.15) is 0 Å². The lowest BCUT2D eigenvalue weighted by Gasteiger charge is -2.10. The maximum atomic E-state index is 12.5. The molecule has 1 aromatic heterocycles. The molecule has 0 fully saturated rings. The molecule has 0 bridgehead atoms. The molecule has 2 aromatic carbocycles. The molecule has 0 saturated heterocycles. The van der Waals surface area contributed by atoms with Crippen LogP contribution in [0.25, 0.3) is 11.0 Å². The van der Waals surface area contributed by atoms with Gasteiger partial charge in [0, 0.05) is 42.2 Å². The van der Waals surface area contributed by atoms with E-state index in [1.807, 2.05) is 19.1 Å². The molecule has 0 atom stereocenters. The van der Waals surface area contributed by atoms with E-state index in [4.69, 9.17) is 16.0 Å². The molecule has 1 N–H and O–H groups in total. The Kier molecular flexibility index (Phi) is 5.00. The van der Waals surface area contributed by atoms with E-state index in [1.165, 1.54) is 4.90 Å². The summed E-state index contributed by atoms with van der Waals surface area (Å²) in [4.78, 5) is 25.9. The Bertz CT molecular complexity index is 975. The Morgan fingerprint density at radius 2 is 1.81 bits per heavy atom. The Morgan fingerprint density at radius 3 is 2.46 bits per heavy atom. The van der Waals surface area contributed by atoms with Gasteiger partial charge in [0.15, 0.2) is 5.76 Å². The zero-order valence-corrected chi connectivity index (χ0v) is 15.6. The first-order valence-corrected chi connectivity index (χ1v) is 8.52. The number of furan rings is 1. The van der Waals surface area contributed by atoms with Gasteiger partial charge in [0.05, 0.1) is 0 Å². The molecule has 5 nitrogen and oxygen atoms in total. The minimum Gasteiger partial charge on any atom is -0.451 e. The summed E-state index contributed by atoms with van der Waals surface area (Å²) in [6, 6.07) is 12.4. The van der Waals surface area contributed by atoms with Crippen LogP contribution in [0.2, 0.25) is 5.02 Å². The van der Waals surface area contributed by atoms with Crippen LogP contribution in [0.1, 0.15) is 32.0 Å². The zero-order chi connectivity index (χ0) is 18.8. The van der Waals surface area contributed by atoms with Gasteiger partial charge in [-0.25, -0.2) is 0 Å². The van der Waals surface area contributed by atoms with Gasteiger partial charge < -0.3 is 14.6 Å². The van der Waals surface area contributed by atoms with Crippen LogP contribution in [-0.2, 0) is 6.54 Å². The summed E-state index contributed by atoms with van der Waals surface area (Å²) in [6.45, 7) is 2.17. The third-order valence-corrected chi connectivity index (χ3v) is 4.40. The summed E-state index contributed by atoms with van der Waals surface area (Å²) in [6.07, 6.45) is 0. The number of halogens is 1. The lowest BCUT2D eigenvalue weighted by Crippen LogP contribution is -2.23. The lowest BCUT2D eigenvalue weighted by molar-refractivity contribution is 0.0827. The SMILES string of the molecule is Cc1c(C(=O)NCc2ccc(C(=O)N(C)C)cc2)oc2ccc(Cl)cc12. The fourth-order valence-electron chi connectivity index (χ4n) is 2.70. The van der Waals surface area contributed by atoms with Crippen molar-refractivity contribution in [2.75, 3.05) is 14.1 Å². The molecule has 26 heavy (non-hydrogen) atoms. The largest absolute Gasteiger partial charge is 0.451 e. The van der Waals surface area contributed by atoms with Crippen LogP contribution in [0.5, 0.6) is 0 Å². The molecule has 1 heterocycles. The monoisotopic (exact) mass is 370 g/mol. The van der Waals surface area contributed by atoms with Crippen molar-refractivity contribution >= 4 is 34.4 Å². The van der Waals surface area contributed by atoms with E-state index in [9.17, 15) is 9.59 Å². The van der Waals surface area contributed by atoms with Crippen LogP contribution in [0.4, 0.5) is 0 Å². The number of carbonyl (C=O) groups is 2. The molecule has 0 spiro atoms. The van der Waals surface area contributed by atoms with Gasteiger partial charge in [-0.05, 0) is 42.8 Å². The second kappa shape index (κ2) is 7.22. The molecular weight excluding hydrogens is 352 g/mol. The minimum absolute atomic E-state index is 0.0582. The second-order valence-corrected chi connectivity index (χ2v) is 6.71. The molecule has 3 aromatic rings. The molecular formula is C20H19ClN2O3. The minimum atomic E-state index is -0.289. The van der Waals surface area contributed by atoms with Crippen LogP contribution < -0.4 is 5.32 Å². The first-order valence-electron chi connectivity index (χ1n) is 8.14. The average molecular weight is 371 g/mol. The van der Waals surface area contributed by atoms with Crippen LogP contribution in [0.15, 0.2) is 46.9 Å². The fourth-order valence-corrected chi connectivity index (χ4v) is 2.87. The summed E-state index contributed by atoms with van der Waals surface area (Å²) in [5.74, 6) is -0.0675. The zero-order valence-electron chi connectivity index (χ0n) is 14.8. The van der Waals surface area contributed by atoms with Gasteiger partial charge in [0.25, 0.3) is 11.8 Å². The molecule has 134 valence electrons. The molecule has 0 aliphatic rings. The highest BCUT2D eigenvalue weighted by molar-refractivity contribution is 6.31. The molecule has 0 unspecified atom stereocenters. The average Bonchev–Trinajstić information content (AvgIpc) is 2.96. The van der Waals surface area contributed by atoms with Crippen molar-refractivity contribution in [3.05, 3.63) is 69.9 Å². The van der Waals surface area contributed by atoms with Crippen molar-refractivity contribution in [2.24, 2.45) is 0 Å². The summed E-state index contributed by atoms with van der Waals surface area (Å²) in [5.41, 5.74) is 2.89. The molecule has 0 radical (unpaired) electrons. The topological polar surface area (TPSA) is 62.6 Å². The predicted octanol–water partition coefficient (Wildman–Crippen LogP) is 4.03. The number of hydrogen-bond donors (Lipinski definition) is 1. The van der Waals surface area contributed by atoms with Crippen molar-refractivity contribution in [3.63, 3.8) is 0 Å². The normalized spacial score (nSPS) is 10.8. The van der Waals surface area contributed by atoms with Gasteiger partial charge in [0.2, 0.25) is 0 Å². The van der Waals surface area contributed by atoms with Crippen LogP contribution in [0.3, 0.4) is 0 Å². The van der Waals surface area contributed by atoms with Gasteiger partial charge in [0.1, 0.15) is 5.58 Å². The number of nitrogens with one attached hydrogen (secondary N) is 1. The number of benzene rings is 2. The Labute approximate surface area is 156 Å². The maximum absolute atomic E-state index is 12.5. The third-order valence-electron chi connectivity index (χ3n) is 4.16. The highest BCUT2D eigenvalue weighted by atomic mass is 35.5. The second-order valence-electron chi connectivity index (χ2n) is 6.28. The van der Waals surface area contributed by atoms with Gasteiger partial charge in [-0.1, -0.05) is 23.7 Å². The van der Waals surface area contributed by atoms with E-state index in [1.54, 1.807) is 44.4 Å².